The van der Waals surface area contributed by atoms with Gasteiger partial charge in [-0.2, -0.15) is 0 Å². The molecule has 9 nitrogen and oxygen atoms in total. The molecule has 0 fully saturated rings. The molecule has 0 saturated heterocycles. The number of ether oxygens (including phenoxy) is 3. The molecule has 3 heterocycles. The Morgan fingerprint density at radius 3 is 0.896 bits per heavy atom. The van der Waals surface area contributed by atoms with Crippen molar-refractivity contribution in [2.45, 2.75) is 156 Å². The van der Waals surface area contributed by atoms with E-state index in [2.05, 4.69) is 227 Å². The number of hydrogen-bond acceptors (Lipinski definition) is 6. The molecule has 0 amide bonds. The summed E-state index contributed by atoms with van der Waals surface area (Å²) in [4.78, 5) is 0. The van der Waals surface area contributed by atoms with Crippen LogP contribution in [0.5, 0.6) is 0 Å². The van der Waals surface area contributed by atoms with Crippen LogP contribution in [0.25, 0.3) is 32.7 Å². The second kappa shape index (κ2) is 21.1. The van der Waals surface area contributed by atoms with Gasteiger partial charge in [0.2, 0.25) is 0 Å². The molecule has 6 aromatic rings. The molecule has 67 heavy (non-hydrogen) atoms. The van der Waals surface area contributed by atoms with E-state index < -0.39 is 46.7 Å². The van der Waals surface area contributed by atoms with Crippen LogP contribution in [-0.4, -0.2) is 100 Å². The molecule has 0 aliphatic heterocycles. The molecule has 3 atom stereocenters. The SMILES string of the molecule is CCOC(CO[Si](C)(C)C(C)(C)C)n1ccc2c[c]([Bi]([c]3ccc4c(ccn4C(CO[Si](C)(C)C(C)(C)C)OCC)c3)[c]3ccc4c(ccn4C(CO[Si](C)(C)C(C)(C)C)OCC)c3)ccc21. The van der Waals surface area contributed by atoms with Gasteiger partial charge >= 0.3 is 418 Å². The fourth-order valence-electron chi connectivity index (χ4n) is 7.76. The normalized spacial score (nSPS) is 15.1. The summed E-state index contributed by atoms with van der Waals surface area (Å²) >= 11 is -3.00. The van der Waals surface area contributed by atoms with Gasteiger partial charge < -0.3 is 0 Å². The van der Waals surface area contributed by atoms with E-state index in [4.69, 9.17) is 27.5 Å². The molecule has 6 rings (SSSR count). The van der Waals surface area contributed by atoms with Crippen LogP contribution in [0.15, 0.2) is 91.4 Å². The van der Waals surface area contributed by atoms with E-state index in [0.29, 0.717) is 39.6 Å². The van der Waals surface area contributed by atoms with Gasteiger partial charge in [0.25, 0.3) is 0 Å². The third kappa shape index (κ3) is 12.0. The Labute approximate surface area is 414 Å². The van der Waals surface area contributed by atoms with Crippen LogP contribution >= 0.6 is 0 Å². The van der Waals surface area contributed by atoms with Crippen molar-refractivity contribution in [2.75, 3.05) is 39.6 Å². The first-order chi connectivity index (χ1) is 31.2. The first-order valence-electron chi connectivity index (χ1n) is 24.6. The molecular formula is C54H84BiN3O6Si3. The zero-order valence-electron chi connectivity index (χ0n) is 44.4. The van der Waals surface area contributed by atoms with E-state index in [1.54, 1.807) is 0 Å². The molecule has 13 heteroatoms. The molecule has 368 valence electrons. The molecule has 3 unspecified atom stereocenters. The molecule has 0 saturated carbocycles. The van der Waals surface area contributed by atoms with Crippen LogP contribution in [0.4, 0.5) is 0 Å². The van der Waals surface area contributed by atoms with Gasteiger partial charge in [-0.15, -0.1) is 0 Å². The number of benzene rings is 3. The summed E-state index contributed by atoms with van der Waals surface area (Å²) in [6.07, 6.45) is 5.93. The number of rotatable bonds is 21. The monoisotopic (exact) mass is 1160 g/mol. The second-order valence-corrected chi connectivity index (χ2v) is 45.7. The zero-order chi connectivity index (χ0) is 49.3. The Morgan fingerprint density at radius 1 is 0.418 bits per heavy atom. The number of nitrogens with zero attached hydrogens (tertiary/aromatic N) is 3. The molecule has 0 aliphatic carbocycles. The van der Waals surface area contributed by atoms with Gasteiger partial charge in [0, 0.05) is 0 Å². The van der Waals surface area contributed by atoms with E-state index in [1.165, 1.54) is 26.0 Å². The third-order valence-corrected chi connectivity index (χ3v) is 37.8. The van der Waals surface area contributed by atoms with Gasteiger partial charge in [0.1, 0.15) is 0 Å². The maximum atomic E-state index is 6.75. The van der Waals surface area contributed by atoms with Gasteiger partial charge in [0.15, 0.2) is 0 Å². The fourth-order valence-corrected chi connectivity index (χ4v) is 20.0. The van der Waals surface area contributed by atoms with Crippen molar-refractivity contribution in [1.82, 2.24) is 13.7 Å². The van der Waals surface area contributed by atoms with Crippen molar-refractivity contribution < 1.29 is 27.5 Å². The van der Waals surface area contributed by atoms with Crippen LogP contribution in [0.1, 0.15) is 102 Å². The molecule has 0 spiro atoms. The van der Waals surface area contributed by atoms with Crippen molar-refractivity contribution >= 4 is 89.2 Å². The van der Waals surface area contributed by atoms with Crippen molar-refractivity contribution in [3.05, 3.63) is 91.4 Å². The summed E-state index contributed by atoms with van der Waals surface area (Å²) in [5.74, 6) is 0. The van der Waals surface area contributed by atoms with E-state index >= 15 is 0 Å². The van der Waals surface area contributed by atoms with Crippen LogP contribution in [0.3, 0.4) is 0 Å². The van der Waals surface area contributed by atoms with Crippen molar-refractivity contribution in [2.24, 2.45) is 0 Å². The van der Waals surface area contributed by atoms with Gasteiger partial charge in [-0.05, 0) is 0 Å². The minimum atomic E-state index is -3.00. The number of fused-ring (bicyclic) bond motifs is 3. The number of aromatic nitrogens is 3. The van der Waals surface area contributed by atoms with Crippen molar-refractivity contribution in [1.29, 1.82) is 0 Å². The van der Waals surface area contributed by atoms with Crippen LogP contribution in [-0.2, 0) is 27.5 Å². The van der Waals surface area contributed by atoms with Gasteiger partial charge in [-0.25, -0.2) is 0 Å². The third-order valence-electron chi connectivity index (χ3n) is 15.1. The maximum absolute atomic E-state index is 6.75. The summed E-state index contributed by atoms with van der Waals surface area (Å²) in [5, 5.41) is 4.00. The molecular weight excluding hydrogens is 1080 g/mol. The van der Waals surface area contributed by atoms with Gasteiger partial charge in [0.05, 0.1) is 0 Å². The van der Waals surface area contributed by atoms with Crippen LogP contribution < -0.4 is 9.81 Å². The Bertz CT molecular complexity index is 2300. The van der Waals surface area contributed by atoms with Crippen molar-refractivity contribution in [3.63, 3.8) is 0 Å². The number of hydrogen-bond donors (Lipinski definition) is 0. The predicted molar refractivity (Wildman–Crippen MR) is 292 cm³/mol. The first-order valence-corrected chi connectivity index (χ1v) is 38.6. The van der Waals surface area contributed by atoms with E-state index in [9.17, 15) is 0 Å². The standard InChI is InChI=1S/3C18H28NO2Si.Bi/c3*1-7-20-17(14-21-22(5,6)18(2,3)4)19-13-12-15-10-8-9-11-16(15)19;/h3*9-13,17H,7,14H2,1-6H3;. The molecule has 0 radical (unpaired) electrons. The second-order valence-electron chi connectivity index (χ2n) is 22.7. The average Bonchev–Trinajstić information content (AvgIpc) is 3.98. The Balaban J connectivity index is 1.42. The summed E-state index contributed by atoms with van der Waals surface area (Å²) in [6.45, 7) is 44.1. The fraction of sp³-hybridized carbons (Fsp3) is 0.556. The summed E-state index contributed by atoms with van der Waals surface area (Å²) in [7, 11) is -5.95. The molecule has 0 N–H and O–H groups in total. The zero-order valence-corrected chi connectivity index (χ0v) is 50.9. The average molecular weight is 1160 g/mol. The van der Waals surface area contributed by atoms with Crippen LogP contribution in [0.2, 0.25) is 54.4 Å². The molecule has 3 aromatic heterocycles. The topological polar surface area (TPSA) is 70.2 Å². The van der Waals surface area contributed by atoms with Crippen molar-refractivity contribution in [3.8, 4) is 0 Å². The summed E-state index contributed by atoms with van der Waals surface area (Å²) < 4.78 is 50.5. The van der Waals surface area contributed by atoms with Crippen LogP contribution in [0, 0.1) is 0 Å². The summed E-state index contributed by atoms with van der Waals surface area (Å²) in [5.41, 5.74) is 3.48. The summed E-state index contributed by atoms with van der Waals surface area (Å²) in [6, 6.07) is 28.3. The quantitative estimate of drug-likeness (QED) is 0.0669. The van der Waals surface area contributed by atoms with E-state index in [0.717, 1.165) is 16.6 Å². The van der Waals surface area contributed by atoms with E-state index in [-0.39, 0.29) is 33.8 Å². The minimum absolute atomic E-state index is 0.116. The Kier molecular flexibility index (Phi) is 17.0. The molecule has 0 bridgehead atoms. The Morgan fingerprint density at radius 2 is 0.672 bits per heavy atom. The van der Waals surface area contributed by atoms with Gasteiger partial charge in [-0.3, -0.25) is 0 Å². The molecule has 3 aromatic carbocycles. The first kappa shape index (κ1) is 53.9. The Hall–Kier alpha value is -2.43. The predicted octanol–water partition coefficient (Wildman–Crippen LogP) is 12.7. The van der Waals surface area contributed by atoms with Gasteiger partial charge in [-0.1, -0.05) is 0 Å². The van der Waals surface area contributed by atoms with E-state index in [1.807, 2.05) is 0 Å². The molecule has 0 aliphatic rings.